The van der Waals surface area contributed by atoms with Crippen molar-refractivity contribution in [2.24, 2.45) is 5.11 Å². The second-order valence-electron chi connectivity index (χ2n) is 5.69. The van der Waals surface area contributed by atoms with E-state index in [1.54, 1.807) is 13.8 Å². The quantitative estimate of drug-likeness (QED) is 0.437. The normalized spacial score (nSPS) is 33.0. The highest BCUT2D eigenvalue weighted by atomic mass is 16.8. The monoisotopic (exact) mass is 325 g/mol. The first-order chi connectivity index (χ1) is 10.8. The molecule has 1 unspecified atom stereocenters. The van der Waals surface area contributed by atoms with E-state index in [1.807, 2.05) is 0 Å². The SMILES string of the molecule is CC1(C)O[C@@H]2[C@H](O1)[C@@H](C(O)N=[N+]=[N-])O[C@H]2n1ccc(=O)[nH]c1=O. The van der Waals surface area contributed by atoms with E-state index in [1.165, 1.54) is 6.20 Å². The van der Waals surface area contributed by atoms with Crippen molar-refractivity contribution in [3.05, 3.63) is 43.5 Å². The van der Waals surface area contributed by atoms with Crippen LogP contribution in [0.15, 0.2) is 27.0 Å². The number of aromatic amines is 1. The van der Waals surface area contributed by atoms with Crippen LogP contribution in [0.4, 0.5) is 0 Å². The van der Waals surface area contributed by atoms with Crippen LogP contribution < -0.4 is 11.2 Å². The van der Waals surface area contributed by atoms with Crippen LogP contribution in [0.3, 0.4) is 0 Å². The molecule has 0 saturated carbocycles. The summed E-state index contributed by atoms with van der Waals surface area (Å²) in [4.78, 5) is 27.8. The van der Waals surface area contributed by atoms with Crippen molar-refractivity contribution in [2.75, 3.05) is 0 Å². The van der Waals surface area contributed by atoms with Crippen LogP contribution >= 0.6 is 0 Å². The molecule has 23 heavy (non-hydrogen) atoms. The topological polar surface area (TPSA) is 152 Å². The zero-order chi connectivity index (χ0) is 16.8. The van der Waals surface area contributed by atoms with E-state index in [0.717, 1.165) is 10.6 Å². The number of H-pyrrole nitrogens is 1. The molecule has 0 amide bonds. The van der Waals surface area contributed by atoms with Gasteiger partial charge in [0.2, 0.25) is 0 Å². The van der Waals surface area contributed by atoms with Gasteiger partial charge < -0.3 is 19.3 Å². The number of rotatable bonds is 3. The molecule has 124 valence electrons. The fraction of sp³-hybridized carbons (Fsp3) is 0.667. The Morgan fingerprint density at radius 3 is 2.78 bits per heavy atom. The average molecular weight is 325 g/mol. The van der Waals surface area contributed by atoms with Crippen molar-refractivity contribution < 1.29 is 19.3 Å². The summed E-state index contributed by atoms with van der Waals surface area (Å²) in [6, 6.07) is 1.16. The Balaban J connectivity index is 1.99. The number of ether oxygens (including phenoxy) is 3. The highest BCUT2D eigenvalue weighted by molar-refractivity contribution is 5.00. The Morgan fingerprint density at radius 1 is 1.43 bits per heavy atom. The van der Waals surface area contributed by atoms with Gasteiger partial charge in [0.1, 0.15) is 18.3 Å². The van der Waals surface area contributed by atoms with E-state index in [2.05, 4.69) is 15.0 Å². The van der Waals surface area contributed by atoms with Crippen molar-refractivity contribution >= 4 is 0 Å². The van der Waals surface area contributed by atoms with Gasteiger partial charge in [0, 0.05) is 17.2 Å². The number of fused-ring (bicyclic) bond motifs is 1. The lowest BCUT2D eigenvalue weighted by Gasteiger charge is -2.25. The van der Waals surface area contributed by atoms with Crippen molar-refractivity contribution in [3.63, 3.8) is 0 Å². The van der Waals surface area contributed by atoms with Gasteiger partial charge in [-0.1, -0.05) is 5.11 Å². The summed E-state index contributed by atoms with van der Waals surface area (Å²) in [5.74, 6) is -0.961. The highest BCUT2D eigenvalue weighted by Gasteiger charge is 2.57. The minimum atomic E-state index is -1.51. The molecule has 3 heterocycles. The van der Waals surface area contributed by atoms with E-state index in [0.29, 0.717) is 0 Å². The molecule has 2 aliphatic heterocycles. The maximum Gasteiger partial charge on any atom is 0.330 e. The third kappa shape index (κ3) is 2.76. The van der Waals surface area contributed by atoms with E-state index in [-0.39, 0.29) is 0 Å². The van der Waals surface area contributed by atoms with Crippen LogP contribution in [0.25, 0.3) is 10.4 Å². The number of aliphatic hydroxyl groups excluding tert-OH is 1. The van der Waals surface area contributed by atoms with Crippen LogP contribution in [0.1, 0.15) is 20.1 Å². The summed E-state index contributed by atoms with van der Waals surface area (Å²) in [5.41, 5.74) is 7.24. The van der Waals surface area contributed by atoms with Crippen molar-refractivity contribution in [2.45, 2.75) is 50.4 Å². The molecule has 1 aromatic rings. The molecular weight excluding hydrogens is 310 g/mol. The molecule has 1 aromatic heterocycles. The van der Waals surface area contributed by atoms with Gasteiger partial charge in [0.15, 0.2) is 18.2 Å². The smallest absolute Gasteiger partial charge is 0.330 e. The first-order valence-electron chi connectivity index (χ1n) is 6.87. The number of hydrogen-bond donors (Lipinski definition) is 2. The van der Waals surface area contributed by atoms with Gasteiger partial charge in [-0.2, -0.15) is 0 Å². The third-order valence-electron chi connectivity index (χ3n) is 3.65. The summed E-state index contributed by atoms with van der Waals surface area (Å²) in [5, 5.41) is 13.1. The largest absolute Gasteiger partial charge is 0.384 e. The molecule has 3 rings (SSSR count). The Hall–Kier alpha value is -2.17. The number of aliphatic hydroxyl groups is 1. The van der Waals surface area contributed by atoms with Crippen molar-refractivity contribution in [1.29, 1.82) is 0 Å². The zero-order valence-electron chi connectivity index (χ0n) is 12.3. The first-order valence-corrected chi connectivity index (χ1v) is 6.87. The average Bonchev–Trinajstić information content (AvgIpc) is 2.93. The molecular formula is C12H15N5O6. The lowest BCUT2D eigenvalue weighted by atomic mass is 10.1. The Morgan fingerprint density at radius 2 is 2.13 bits per heavy atom. The molecule has 0 spiro atoms. The molecule has 0 aliphatic carbocycles. The summed E-state index contributed by atoms with van der Waals surface area (Å²) in [6.45, 7) is 3.35. The lowest BCUT2D eigenvalue weighted by molar-refractivity contribution is -0.207. The lowest BCUT2D eigenvalue weighted by Crippen LogP contribution is -2.37. The van der Waals surface area contributed by atoms with E-state index in [4.69, 9.17) is 19.7 Å². The third-order valence-corrected chi connectivity index (χ3v) is 3.65. The van der Waals surface area contributed by atoms with E-state index < -0.39 is 47.8 Å². The summed E-state index contributed by atoms with van der Waals surface area (Å²) in [7, 11) is 0. The Bertz CT molecular complexity index is 766. The molecule has 2 N–H and O–H groups in total. The molecule has 2 saturated heterocycles. The van der Waals surface area contributed by atoms with Crippen LogP contribution in [-0.2, 0) is 14.2 Å². The van der Waals surface area contributed by atoms with Gasteiger partial charge in [0.05, 0.1) is 0 Å². The second-order valence-corrected chi connectivity index (χ2v) is 5.69. The van der Waals surface area contributed by atoms with E-state index >= 15 is 0 Å². The molecule has 0 aromatic carbocycles. The number of hydrogen-bond acceptors (Lipinski definition) is 7. The standard InChI is InChI=1S/C12H15N5O6/c1-12(2)22-6-7(9(19)15-16-13)21-10(8(6)23-12)17-4-3-5(18)14-11(17)20/h3-4,6-10,19H,1-2H3,(H,14,18,20)/t6-,7+,8-,9?,10-/m1/s1. The summed E-state index contributed by atoms with van der Waals surface area (Å²) >= 11 is 0. The summed E-state index contributed by atoms with van der Waals surface area (Å²) < 4.78 is 18.2. The number of azide groups is 1. The second kappa shape index (κ2) is 5.48. The van der Waals surface area contributed by atoms with E-state index in [9.17, 15) is 14.7 Å². The zero-order valence-corrected chi connectivity index (χ0v) is 12.3. The minimum absolute atomic E-state index is 0.546. The van der Waals surface area contributed by atoms with Gasteiger partial charge in [-0.05, 0) is 19.4 Å². The Kier molecular flexibility index (Phi) is 3.74. The van der Waals surface area contributed by atoms with Gasteiger partial charge in [0.25, 0.3) is 5.56 Å². The minimum Gasteiger partial charge on any atom is -0.384 e. The molecule has 0 radical (unpaired) electrons. The number of nitrogens with one attached hydrogen (secondary N) is 1. The van der Waals surface area contributed by atoms with Gasteiger partial charge in [-0.25, -0.2) is 4.79 Å². The van der Waals surface area contributed by atoms with Crippen LogP contribution in [0.2, 0.25) is 0 Å². The van der Waals surface area contributed by atoms with Crippen molar-refractivity contribution in [1.82, 2.24) is 9.55 Å². The molecule has 5 atom stereocenters. The van der Waals surface area contributed by atoms with Crippen molar-refractivity contribution in [3.8, 4) is 0 Å². The van der Waals surface area contributed by atoms with Crippen LogP contribution in [0, 0.1) is 0 Å². The molecule has 2 aliphatic rings. The van der Waals surface area contributed by atoms with Crippen LogP contribution in [0.5, 0.6) is 0 Å². The number of nitrogens with zero attached hydrogens (tertiary/aromatic N) is 4. The highest BCUT2D eigenvalue weighted by Crippen LogP contribution is 2.43. The van der Waals surface area contributed by atoms with Gasteiger partial charge >= 0.3 is 5.69 Å². The number of aromatic nitrogens is 2. The maximum absolute atomic E-state index is 12.0. The fourth-order valence-corrected chi connectivity index (χ4v) is 2.82. The fourth-order valence-electron chi connectivity index (χ4n) is 2.82. The first kappa shape index (κ1) is 15.7. The van der Waals surface area contributed by atoms with Crippen LogP contribution in [-0.4, -0.2) is 45.0 Å². The maximum atomic E-state index is 12.0. The molecule has 11 nitrogen and oxygen atoms in total. The molecule has 2 fully saturated rings. The molecule has 0 bridgehead atoms. The Labute approximate surface area is 129 Å². The predicted octanol–water partition coefficient (Wildman–Crippen LogP) is -0.417. The van der Waals surface area contributed by atoms with Gasteiger partial charge in [-0.15, -0.1) is 0 Å². The molecule has 11 heteroatoms. The predicted molar refractivity (Wildman–Crippen MR) is 74.2 cm³/mol. The van der Waals surface area contributed by atoms with Gasteiger partial charge in [-0.3, -0.25) is 14.3 Å². The summed E-state index contributed by atoms with van der Waals surface area (Å²) in [6.07, 6.45) is -3.66.